The van der Waals surface area contributed by atoms with E-state index in [0.29, 0.717) is 31.0 Å². The summed E-state index contributed by atoms with van der Waals surface area (Å²) >= 11 is 0. The molecule has 4 heterocycles. The highest BCUT2D eigenvalue weighted by atomic mass is 19.1. The molecule has 3 aromatic rings. The van der Waals surface area contributed by atoms with Gasteiger partial charge in [-0.15, -0.1) is 0 Å². The molecule has 5 rings (SSSR count). The zero-order valence-electron chi connectivity index (χ0n) is 16.0. The molecule has 30 heavy (non-hydrogen) atoms. The number of benzene rings is 1. The van der Waals surface area contributed by atoms with Crippen molar-refractivity contribution in [1.29, 1.82) is 5.26 Å². The number of nitriles is 1. The summed E-state index contributed by atoms with van der Waals surface area (Å²) in [4.78, 5) is 34.9. The fraction of sp³-hybridized carbons (Fsp3) is 0.273. The number of aromatic amines is 1. The van der Waals surface area contributed by atoms with Crippen LogP contribution in [0.2, 0.25) is 0 Å². The van der Waals surface area contributed by atoms with Crippen molar-refractivity contribution in [3.8, 4) is 17.5 Å². The van der Waals surface area contributed by atoms with Crippen molar-refractivity contribution in [3.63, 3.8) is 0 Å². The number of hydrogen-bond acceptors (Lipinski definition) is 4. The maximum atomic E-state index is 13.8. The van der Waals surface area contributed by atoms with Crippen molar-refractivity contribution >= 4 is 5.91 Å². The van der Waals surface area contributed by atoms with Crippen LogP contribution in [0.15, 0.2) is 47.5 Å². The van der Waals surface area contributed by atoms with E-state index < -0.39 is 5.82 Å². The molecular formula is C22H18FN5O2. The second-order valence-corrected chi connectivity index (χ2v) is 7.87. The lowest BCUT2D eigenvalue weighted by molar-refractivity contribution is 0.0594. The van der Waals surface area contributed by atoms with Crippen molar-refractivity contribution in [2.75, 3.05) is 13.1 Å². The lowest BCUT2D eigenvalue weighted by Gasteiger charge is -2.43. The fourth-order valence-corrected chi connectivity index (χ4v) is 4.66. The number of hydrogen-bond donors (Lipinski definition) is 1. The number of carbonyl (C=O) groups excluding carboxylic acids is 1. The van der Waals surface area contributed by atoms with Gasteiger partial charge in [0.15, 0.2) is 0 Å². The Bertz CT molecular complexity index is 1240. The molecule has 1 N–H and O–H groups in total. The highest BCUT2D eigenvalue weighted by molar-refractivity contribution is 5.94. The summed E-state index contributed by atoms with van der Waals surface area (Å²) in [6, 6.07) is 9.30. The number of pyridine rings is 1. The Morgan fingerprint density at radius 2 is 2.10 bits per heavy atom. The normalized spacial score (nSPS) is 19.8. The van der Waals surface area contributed by atoms with Gasteiger partial charge in [0.25, 0.3) is 11.5 Å². The van der Waals surface area contributed by atoms with Gasteiger partial charge in [-0.25, -0.2) is 9.37 Å². The summed E-state index contributed by atoms with van der Waals surface area (Å²) in [6.45, 7) is 1.47. The summed E-state index contributed by atoms with van der Waals surface area (Å²) in [5, 5.41) is 9.06. The van der Waals surface area contributed by atoms with E-state index in [4.69, 9.17) is 5.26 Å². The molecule has 1 amide bonds. The van der Waals surface area contributed by atoms with E-state index in [1.165, 1.54) is 12.1 Å². The maximum Gasteiger partial charge on any atom is 0.261 e. The molecule has 2 aliphatic heterocycles. The molecule has 1 saturated heterocycles. The predicted molar refractivity (Wildman–Crippen MR) is 106 cm³/mol. The lowest BCUT2D eigenvalue weighted by Crippen LogP contribution is -2.49. The molecule has 1 fully saturated rings. The fourth-order valence-electron chi connectivity index (χ4n) is 4.66. The van der Waals surface area contributed by atoms with Crippen LogP contribution in [0.25, 0.3) is 11.4 Å². The number of aromatic nitrogens is 3. The maximum absolute atomic E-state index is 13.8. The van der Waals surface area contributed by atoms with Crippen molar-refractivity contribution in [3.05, 3.63) is 75.7 Å². The van der Waals surface area contributed by atoms with E-state index in [1.54, 1.807) is 27.9 Å². The molecule has 0 unspecified atom stereocenters. The SMILES string of the molecule is N#Cc1cc(F)cc(C(=O)N2C[C@@H]3C[C@H](C2)c2ccc(-c4ncc[nH]4)c(=O)n2C3)c1. The van der Waals surface area contributed by atoms with Crippen molar-refractivity contribution < 1.29 is 9.18 Å². The van der Waals surface area contributed by atoms with E-state index >= 15 is 0 Å². The van der Waals surface area contributed by atoms with Gasteiger partial charge in [0, 0.05) is 49.2 Å². The number of halogens is 1. The molecule has 0 saturated carbocycles. The molecule has 1 aromatic carbocycles. The topological polar surface area (TPSA) is 94.8 Å². The molecule has 0 radical (unpaired) electrons. The number of amides is 1. The number of fused-ring (bicyclic) bond motifs is 4. The van der Waals surface area contributed by atoms with Gasteiger partial charge in [-0.05, 0) is 42.7 Å². The van der Waals surface area contributed by atoms with Crippen LogP contribution in [0.4, 0.5) is 4.39 Å². The molecule has 0 aliphatic carbocycles. The summed E-state index contributed by atoms with van der Waals surface area (Å²) in [7, 11) is 0. The molecular weight excluding hydrogens is 385 g/mol. The molecule has 2 bridgehead atoms. The van der Waals surface area contributed by atoms with Crippen LogP contribution in [-0.2, 0) is 6.54 Å². The first kappa shape index (κ1) is 18.3. The molecule has 2 aliphatic rings. The van der Waals surface area contributed by atoms with Gasteiger partial charge in [0.2, 0.25) is 0 Å². The first-order chi connectivity index (χ1) is 14.5. The quantitative estimate of drug-likeness (QED) is 0.711. The van der Waals surface area contributed by atoms with E-state index in [1.807, 2.05) is 12.1 Å². The van der Waals surface area contributed by atoms with Gasteiger partial charge in [-0.2, -0.15) is 5.26 Å². The minimum atomic E-state index is -0.600. The molecule has 2 atom stereocenters. The highest BCUT2D eigenvalue weighted by Crippen LogP contribution is 2.36. The number of imidazole rings is 1. The Hall–Kier alpha value is -3.73. The van der Waals surface area contributed by atoms with Crippen LogP contribution < -0.4 is 5.56 Å². The van der Waals surface area contributed by atoms with E-state index in [2.05, 4.69) is 9.97 Å². The largest absolute Gasteiger partial charge is 0.344 e. The third-order valence-electron chi connectivity index (χ3n) is 5.92. The van der Waals surface area contributed by atoms with Crippen LogP contribution >= 0.6 is 0 Å². The van der Waals surface area contributed by atoms with Gasteiger partial charge in [0.1, 0.15) is 11.6 Å². The third kappa shape index (κ3) is 2.99. The summed E-state index contributed by atoms with van der Waals surface area (Å²) < 4.78 is 15.6. The van der Waals surface area contributed by atoms with E-state index in [9.17, 15) is 14.0 Å². The van der Waals surface area contributed by atoms with Crippen LogP contribution in [0, 0.1) is 23.1 Å². The summed E-state index contributed by atoms with van der Waals surface area (Å²) in [6.07, 6.45) is 4.19. The predicted octanol–water partition coefficient (Wildman–Crippen LogP) is 2.51. The smallest absolute Gasteiger partial charge is 0.261 e. The minimum Gasteiger partial charge on any atom is -0.344 e. The van der Waals surface area contributed by atoms with Gasteiger partial charge in [-0.1, -0.05) is 0 Å². The second-order valence-electron chi connectivity index (χ2n) is 7.87. The monoisotopic (exact) mass is 403 g/mol. The Morgan fingerprint density at radius 1 is 1.23 bits per heavy atom. The Kier molecular flexibility index (Phi) is 4.24. The Morgan fingerprint density at radius 3 is 2.87 bits per heavy atom. The number of nitrogens with one attached hydrogen (secondary N) is 1. The molecule has 150 valence electrons. The zero-order chi connectivity index (χ0) is 20.8. The zero-order valence-corrected chi connectivity index (χ0v) is 16.0. The average molecular weight is 403 g/mol. The summed E-state index contributed by atoms with van der Waals surface area (Å²) in [5.74, 6) is -0.180. The molecule has 7 nitrogen and oxygen atoms in total. The number of rotatable bonds is 2. The first-order valence-electron chi connectivity index (χ1n) is 9.77. The second kappa shape index (κ2) is 6.95. The van der Waals surface area contributed by atoms with Crippen molar-refractivity contribution in [2.45, 2.75) is 18.9 Å². The molecule has 2 aromatic heterocycles. The number of nitrogens with zero attached hydrogens (tertiary/aromatic N) is 4. The highest BCUT2D eigenvalue weighted by Gasteiger charge is 2.37. The lowest BCUT2D eigenvalue weighted by atomic mass is 9.82. The van der Waals surface area contributed by atoms with E-state index in [0.717, 1.165) is 18.2 Å². The van der Waals surface area contributed by atoms with Crippen molar-refractivity contribution in [1.82, 2.24) is 19.4 Å². The van der Waals surface area contributed by atoms with Gasteiger partial charge < -0.3 is 14.5 Å². The van der Waals surface area contributed by atoms with Gasteiger partial charge >= 0.3 is 0 Å². The first-order valence-corrected chi connectivity index (χ1v) is 9.77. The van der Waals surface area contributed by atoms with Crippen LogP contribution in [-0.4, -0.2) is 38.4 Å². The van der Waals surface area contributed by atoms with Gasteiger partial charge in [-0.3, -0.25) is 9.59 Å². The third-order valence-corrected chi connectivity index (χ3v) is 5.92. The average Bonchev–Trinajstić information content (AvgIpc) is 3.28. The van der Waals surface area contributed by atoms with Gasteiger partial charge in [0.05, 0.1) is 17.2 Å². The van der Waals surface area contributed by atoms with Crippen LogP contribution in [0.3, 0.4) is 0 Å². The minimum absolute atomic E-state index is 0.0313. The molecule has 8 heteroatoms. The number of likely N-dealkylation sites (tertiary alicyclic amines) is 1. The number of piperidine rings is 1. The van der Waals surface area contributed by atoms with Crippen LogP contribution in [0.5, 0.6) is 0 Å². The van der Waals surface area contributed by atoms with Crippen molar-refractivity contribution in [2.24, 2.45) is 5.92 Å². The standard InChI is InChI=1S/C22H18FN5O2/c23-17-7-13(9-24)5-15(8-17)21(29)27-10-14-6-16(12-27)19-2-1-18(20-25-3-4-26-20)22(30)28(19)11-14/h1-5,7-8,14,16H,6,10-12H2,(H,25,26)/t14-,16+/m0/s1. The molecule has 0 spiro atoms. The number of H-pyrrole nitrogens is 1. The summed E-state index contributed by atoms with van der Waals surface area (Å²) in [5.41, 5.74) is 1.65. The Balaban J connectivity index is 1.46. The Labute approximate surface area is 171 Å². The van der Waals surface area contributed by atoms with Crippen LogP contribution in [0.1, 0.15) is 34.0 Å². The van der Waals surface area contributed by atoms with E-state index in [-0.39, 0.29) is 34.4 Å². The number of carbonyl (C=O) groups is 1.